The summed E-state index contributed by atoms with van der Waals surface area (Å²) >= 11 is 0. The van der Waals surface area contributed by atoms with Crippen LogP contribution in [0.15, 0.2) is 0 Å². The fraction of sp³-hybridized carbons (Fsp3) is 0.700. The lowest BCUT2D eigenvalue weighted by atomic mass is 9.92. The van der Waals surface area contributed by atoms with Gasteiger partial charge in [0, 0.05) is 0 Å². The molecule has 0 heterocycles. The Morgan fingerprint density at radius 3 is 2.06 bits per heavy atom. The van der Waals surface area contributed by atoms with Crippen LogP contribution in [-0.2, 0) is 14.4 Å². The molecule has 0 aromatic heterocycles. The van der Waals surface area contributed by atoms with E-state index in [-0.39, 0.29) is 0 Å². The number of hydrogen-bond acceptors (Lipinski definition) is 4. The molecule has 17 heavy (non-hydrogen) atoms. The first-order valence-electron chi connectivity index (χ1n) is 5.37. The van der Waals surface area contributed by atoms with Crippen molar-refractivity contribution in [2.75, 3.05) is 0 Å². The molecule has 7 heteroatoms. The summed E-state index contributed by atoms with van der Waals surface area (Å²) < 4.78 is 0. The molecule has 0 aliphatic heterocycles. The molecule has 0 rings (SSSR count). The Labute approximate surface area is 99.5 Å². The highest BCUT2D eigenvalue weighted by atomic mass is 16.4. The second kappa shape index (κ2) is 6.19. The van der Waals surface area contributed by atoms with Gasteiger partial charge in [0.2, 0.25) is 11.8 Å². The molecule has 0 bridgehead atoms. The van der Waals surface area contributed by atoms with Gasteiger partial charge in [0.25, 0.3) is 0 Å². The fourth-order valence-corrected chi connectivity index (χ4v) is 1.27. The third kappa shape index (κ3) is 4.39. The molecule has 2 amide bonds. The van der Waals surface area contributed by atoms with Crippen molar-refractivity contribution in [3.05, 3.63) is 0 Å². The van der Waals surface area contributed by atoms with E-state index in [9.17, 15) is 14.4 Å². The number of carboxylic acids is 1. The summed E-state index contributed by atoms with van der Waals surface area (Å²) in [5.41, 5.74) is 9.57. The molecule has 6 N–H and O–H groups in total. The second-order valence-electron chi connectivity index (χ2n) is 3.90. The SMILES string of the molecule is CCC(N)(CC)C(=O)NC(CC(N)=O)C(=O)O. The van der Waals surface area contributed by atoms with Crippen molar-refractivity contribution >= 4 is 17.8 Å². The van der Waals surface area contributed by atoms with Gasteiger partial charge < -0.3 is 21.9 Å². The van der Waals surface area contributed by atoms with Crippen LogP contribution in [0.1, 0.15) is 33.1 Å². The first-order chi connectivity index (χ1) is 7.76. The Bertz CT molecular complexity index is 313. The second-order valence-corrected chi connectivity index (χ2v) is 3.90. The standard InChI is InChI=1S/C10H19N3O4/c1-3-10(12,4-2)9(17)13-6(8(15)16)5-7(11)14/h6H,3-5,12H2,1-2H3,(H2,11,14)(H,13,17)(H,15,16). The first-order valence-corrected chi connectivity index (χ1v) is 5.37. The monoisotopic (exact) mass is 245 g/mol. The minimum absolute atomic E-state index is 0.373. The van der Waals surface area contributed by atoms with E-state index in [1.165, 1.54) is 0 Å². The summed E-state index contributed by atoms with van der Waals surface area (Å²) in [6.45, 7) is 3.46. The number of carboxylic acid groups (broad SMARTS) is 1. The van der Waals surface area contributed by atoms with Gasteiger partial charge in [-0.2, -0.15) is 0 Å². The van der Waals surface area contributed by atoms with Crippen LogP contribution in [0.25, 0.3) is 0 Å². The van der Waals surface area contributed by atoms with E-state index in [4.69, 9.17) is 16.6 Å². The summed E-state index contributed by atoms with van der Waals surface area (Å²) in [5.74, 6) is -2.70. The highest BCUT2D eigenvalue weighted by Gasteiger charge is 2.33. The number of nitrogens with two attached hydrogens (primary N) is 2. The number of carbonyl (C=O) groups is 3. The number of carbonyl (C=O) groups excluding carboxylic acids is 2. The molecule has 0 aromatic rings. The van der Waals surface area contributed by atoms with Crippen LogP contribution in [-0.4, -0.2) is 34.5 Å². The Hall–Kier alpha value is -1.63. The number of aliphatic carboxylic acids is 1. The fourth-order valence-electron chi connectivity index (χ4n) is 1.27. The molecule has 0 aromatic carbocycles. The molecular weight excluding hydrogens is 226 g/mol. The van der Waals surface area contributed by atoms with Gasteiger partial charge in [-0.05, 0) is 12.8 Å². The molecule has 1 unspecified atom stereocenters. The van der Waals surface area contributed by atoms with Crippen molar-refractivity contribution in [2.45, 2.75) is 44.7 Å². The zero-order valence-corrected chi connectivity index (χ0v) is 10.0. The molecule has 0 aliphatic rings. The topological polar surface area (TPSA) is 136 Å². The van der Waals surface area contributed by atoms with Gasteiger partial charge in [0.1, 0.15) is 6.04 Å². The molecule has 0 aliphatic carbocycles. The van der Waals surface area contributed by atoms with E-state index >= 15 is 0 Å². The molecule has 1 atom stereocenters. The lowest BCUT2D eigenvalue weighted by molar-refractivity contribution is -0.144. The quantitative estimate of drug-likeness (QED) is 0.453. The van der Waals surface area contributed by atoms with Crippen molar-refractivity contribution in [3.63, 3.8) is 0 Å². The average molecular weight is 245 g/mol. The van der Waals surface area contributed by atoms with Gasteiger partial charge in [0.15, 0.2) is 0 Å². The highest BCUT2D eigenvalue weighted by Crippen LogP contribution is 2.11. The van der Waals surface area contributed by atoms with Gasteiger partial charge in [0.05, 0.1) is 12.0 Å². The maximum Gasteiger partial charge on any atom is 0.326 e. The Morgan fingerprint density at radius 1 is 1.29 bits per heavy atom. The van der Waals surface area contributed by atoms with Gasteiger partial charge in [-0.3, -0.25) is 9.59 Å². The normalized spacial score (nSPS) is 12.9. The Morgan fingerprint density at radius 2 is 1.76 bits per heavy atom. The summed E-state index contributed by atoms with van der Waals surface area (Å²) in [6.07, 6.45) is 0.293. The van der Waals surface area contributed by atoms with E-state index in [1.54, 1.807) is 13.8 Å². The number of primary amides is 1. The van der Waals surface area contributed by atoms with Gasteiger partial charge in [-0.15, -0.1) is 0 Å². The van der Waals surface area contributed by atoms with Gasteiger partial charge in [-0.25, -0.2) is 4.79 Å². The first kappa shape index (κ1) is 15.4. The van der Waals surface area contributed by atoms with Crippen LogP contribution in [0, 0.1) is 0 Å². The summed E-state index contributed by atoms with van der Waals surface area (Å²) in [5, 5.41) is 11.0. The summed E-state index contributed by atoms with van der Waals surface area (Å²) in [4.78, 5) is 33.2. The smallest absolute Gasteiger partial charge is 0.326 e. The predicted molar refractivity (Wildman–Crippen MR) is 60.9 cm³/mol. The van der Waals surface area contributed by atoms with Gasteiger partial charge >= 0.3 is 5.97 Å². The molecule has 0 saturated carbocycles. The Kier molecular flexibility index (Phi) is 5.60. The zero-order chi connectivity index (χ0) is 13.6. The van der Waals surface area contributed by atoms with Crippen LogP contribution in [0.3, 0.4) is 0 Å². The number of hydrogen-bond donors (Lipinski definition) is 4. The van der Waals surface area contributed by atoms with Crippen molar-refractivity contribution in [2.24, 2.45) is 11.5 Å². The van der Waals surface area contributed by atoms with E-state index in [0.29, 0.717) is 12.8 Å². The molecule has 0 spiro atoms. The zero-order valence-electron chi connectivity index (χ0n) is 10.0. The molecule has 0 fully saturated rings. The third-order valence-corrected chi connectivity index (χ3v) is 2.72. The van der Waals surface area contributed by atoms with Crippen LogP contribution in [0.2, 0.25) is 0 Å². The minimum Gasteiger partial charge on any atom is -0.480 e. The maximum absolute atomic E-state index is 11.8. The van der Waals surface area contributed by atoms with Crippen molar-refractivity contribution in [3.8, 4) is 0 Å². The molecule has 0 radical (unpaired) electrons. The average Bonchev–Trinajstić information content (AvgIpc) is 2.26. The largest absolute Gasteiger partial charge is 0.480 e. The van der Waals surface area contributed by atoms with E-state index < -0.39 is 35.8 Å². The predicted octanol–water partition coefficient (Wildman–Crippen LogP) is -1.05. The summed E-state index contributed by atoms with van der Waals surface area (Å²) in [6, 6.07) is -1.33. The molecular formula is C10H19N3O4. The highest BCUT2D eigenvalue weighted by molar-refractivity contribution is 5.92. The third-order valence-electron chi connectivity index (χ3n) is 2.72. The lowest BCUT2D eigenvalue weighted by Crippen LogP contribution is -2.57. The number of nitrogens with one attached hydrogen (secondary N) is 1. The van der Waals surface area contributed by atoms with Crippen LogP contribution >= 0.6 is 0 Å². The molecule has 7 nitrogen and oxygen atoms in total. The van der Waals surface area contributed by atoms with Crippen LogP contribution in [0.5, 0.6) is 0 Å². The van der Waals surface area contributed by atoms with E-state index in [2.05, 4.69) is 5.32 Å². The van der Waals surface area contributed by atoms with Crippen LogP contribution in [0.4, 0.5) is 0 Å². The van der Waals surface area contributed by atoms with Crippen molar-refractivity contribution in [1.82, 2.24) is 5.32 Å². The van der Waals surface area contributed by atoms with E-state index in [1.807, 2.05) is 0 Å². The minimum atomic E-state index is -1.33. The van der Waals surface area contributed by atoms with Crippen molar-refractivity contribution < 1.29 is 19.5 Å². The molecule has 0 saturated heterocycles. The van der Waals surface area contributed by atoms with E-state index in [0.717, 1.165) is 0 Å². The van der Waals surface area contributed by atoms with Crippen molar-refractivity contribution in [1.29, 1.82) is 0 Å². The molecule has 98 valence electrons. The Balaban J connectivity index is 4.71. The van der Waals surface area contributed by atoms with Gasteiger partial charge in [-0.1, -0.05) is 13.8 Å². The summed E-state index contributed by atoms with van der Waals surface area (Å²) in [7, 11) is 0. The van der Waals surface area contributed by atoms with Crippen LogP contribution < -0.4 is 16.8 Å². The number of rotatable bonds is 7. The lowest BCUT2D eigenvalue weighted by Gasteiger charge is -2.27. The number of amides is 2. The maximum atomic E-state index is 11.8.